The maximum atomic E-state index is 12.6. The van der Waals surface area contributed by atoms with Crippen LogP contribution in [0.1, 0.15) is 5.56 Å². The van der Waals surface area contributed by atoms with Crippen LogP contribution in [-0.4, -0.2) is 30.4 Å². The number of anilines is 1. The van der Waals surface area contributed by atoms with Crippen molar-refractivity contribution in [1.29, 1.82) is 5.26 Å². The van der Waals surface area contributed by atoms with Crippen molar-refractivity contribution in [2.24, 2.45) is 0 Å². The standard InChI is InChI=1S/C26H21N3O3S2/c1-31-23-16-18(11-12-22(23)32-13-14-33-20-7-3-2-4-8-20)15-19(17-27)25(30)29-26-28-21-9-5-6-10-24(21)34-26/h2-12,15-16H,13-14H2,1H3,(H,28,29,30)/b19-15+. The summed E-state index contributed by atoms with van der Waals surface area (Å²) < 4.78 is 12.3. The van der Waals surface area contributed by atoms with Crippen LogP contribution in [0.2, 0.25) is 0 Å². The second kappa shape index (κ2) is 11.4. The Morgan fingerprint density at radius 3 is 2.68 bits per heavy atom. The van der Waals surface area contributed by atoms with Crippen LogP contribution < -0.4 is 14.8 Å². The Bertz CT molecular complexity index is 1330. The van der Waals surface area contributed by atoms with E-state index in [1.807, 2.05) is 48.5 Å². The van der Waals surface area contributed by atoms with E-state index in [0.717, 1.165) is 16.0 Å². The number of carbonyl (C=O) groups excluding carboxylic acids is 1. The highest BCUT2D eigenvalue weighted by molar-refractivity contribution is 7.99. The molecule has 0 fully saturated rings. The Morgan fingerprint density at radius 2 is 1.91 bits per heavy atom. The van der Waals surface area contributed by atoms with Crippen LogP contribution in [0.3, 0.4) is 0 Å². The van der Waals surface area contributed by atoms with E-state index >= 15 is 0 Å². The molecule has 0 radical (unpaired) electrons. The van der Waals surface area contributed by atoms with Crippen LogP contribution in [0.15, 0.2) is 83.3 Å². The summed E-state index contributed by atoms with van der Waals surface area (Å²) in [4.78, 5) is 18.2. The summed E-state index contributed by atoms with van der Waals surface area (Å²) >= 11 is 3.07. The molecule has 0 aliphatic heterocycles. The fraction of sp³-hybridized carbons (Fsp3) is 0.115. The maximum absolute atomic E-state index is 12.6. The number of carbonyl (C=O) groups is 1. The van der Waals surface area contributed by atoms with E-state index in [4.69, 9.17) is 9.47 Å². The highest BCUT2D eigenvalue weighted by atomic mass is 32.2. The molecule has 0 bridgehead atoms. The number of nitrogens with one attached hydrogen (secondary N) is 1. The lowest BCUT2D eigenvalue weighted by Crippen LogP contribution is -2.13. The molecule has 4 rings (SSSR count). The second-order valence-corrected chi connectivity index (χ2v) is 9.23. The maximum Gasteiger partial charge on any atom is 0.268 e. The summed E-state index contributed by atoms with van der Waals surface area (Å²) in [5, 5.41) is 12.7. The van der Waals surface area contributed by atoms with Crippen molar-refractivity contribution in [3.05, 3.63) is 83.9 Å². The third-order valence-corrected chi connectivity index (χ3v) is 6.66. The molecule has 0 saturated heterocycles. The number of thioether (sulfide) groups is 1. The lowest BCUT2D eigenvalue weighted by molar-refractivity contribution is -0.112. The highest BCUT2D eigenvalue weighted by Crippen LogP contribution is 2.30. The van der Waals surface area contributed by atoms with Gasteiger partial charge in [-0.3, -0.25) is 10.1 Å². The Hall–Kier alpha value is -3.80. The largest absolute Gasteiger partial charge is 0.493 e. The number of thiazole rings is 1. The van der Waals surface area contributed by atoms with Gasteiger partial charge in [0.25, 0.3) is 5.91 Å². The molecule has 1 heterocycles. The van der Waals surface area contributed by atoms with E-state index < -0.39 is 5.91 Å². The monoisotopic (exact) mass is 487 g/mol. The van der Waals surface area contributed by atoms with E-state index in [1.165, 1.54) is 22.3 Å². The molecule has 0 saturated carbocycles. The van der Waals surface area contributed by atoms with Gasteiger partial charge in [-0.15, -0.1) is 11.8 Å². The molecule has 34 heavy (non-hydrogen) atoms. The molecular weight excluding hydrogens is 466 g/mol. The first-order chi connectivity index (χ1) is 16.7. The fourth-order valence-corrected chi connectivity index (χ4v) is 4.74. The summed E-state index contributed by atoms with van der Waals surface area (Å²) in [6, 6.07) is 25.0. The first kappa shape index (κ1) is 23.4. The van der Waals surface area contributed by atoms with Gasteiger partial charge in [0.05, 0.1) is 23.9 Å². The average Bonchev–Trinajstić information content (AvgIpc) is 3.28. The summed E-state index contributed by atoms with van der Waals surface area (Å²) in [6.45, 7) is 0.513. The minimum Gasteiger partial charge on any atom is -0.493 e. The minimum absolute atomic E-state index is 0.0331. The van der Waals surface area contributed by atoms with Crippen LogP contribution in [-0.2, 0) is 4.79 Å². The van der Waals surface area contributed by atoms with Crippen molar-refractivity contribution in [3.8, 4) is 17.6 Å². The average molecular weight is 488 g/mol. The number of benzene rings is 3. The van der Waals surface area contributed by atoms with Gasteiger partial charge < -0.3 is 9.47 Å². The lowest BCUT2D eigenvalue weighted by Gasteiger charge is -2.11. The Balaban J connectivity index is 1.40. The van der Waals surface area contributed by atoms with Gasteiger partial charge in [-0.2, -0.15) is 5.26 Å². The minimum atomic E-state index is -0.515. The molecule has 4 aromatic rings. The van der Waals surface area contributed by atoms with Gasteiger partial charge in [0.1, 0.15) is 11.6 Å². The van der Waals surface area contributed by atoms with Crippen molar-refractivity contribution >= 4 is 50.4 Å². The molecule has 1 amide bonds. The zero-order chi connectivity index (χ0) is 23.8. The van der Waals surface area contributed by atoms with Gasteiger partial charge in [-0.1, -0.05) is 47.7 Å². The molecule has 0 aliphatic rings. The van der Waals surface area contributed by atoms with Crippen molar-refractivity contribution in [2.75, 3.05) is 24.8 Å². The summed E-state index contributed by atoms with van der Waals surface area (Å²) in [6.07, 6.45) is 1.51. The number of hydrogen-bond donors (Lipinski definition) is 1. The third-order valence-electron chi connectivity index (χ3n) is 4.73. The normalized spacial score (nSPS) is 11.1. The van der Waals surface area contributed by atoms with Gasteiger partial charge in [0, 0.05) is 10.6 Å². The number of hydrogen-bond acceptors (Lipinski definition) is 7. The first-order valence-corrected chi connectivity index (χ1v) is 12.2. The lowest BCUT2D eigenvalue weighted by atomic mass is 10.1. The predicted octanol–water partition coefficient (Wildman–Crippen LogP) is 6.02. The summed E-state index contributed by atoms with van der Waals surface area (Å²) in [5.74, 6) is 1.41. The Morgan fingerprint density at radius 1 is 1.12 bits per heavy atom. The summed E-state index contributed by atoms with van der Waals surface area (Å²) in [7, 11) is 1.56. The van der Waals surface area contributed by atoms with E-state index in [0.29, 0.717) is 28.8 Å². The van der Waals surface area contributed by atoms with Crippen LogP contribution in [0, 0.1) is 11.3 Å². The van der Waals surface area contributed by atoms with E-state index in [-0.39, 0.29) is 5.57 Å². The zero-order valence-corrected chi connectivity index (χ0v) is 20.0. The molecule has 6 nitrogen and oxygen atoms in total. The Labute approximate surface area is 205 Å². The van der Waals surface area contributed by atoms with Gasteiger partial charge in [0.15, 0.2) is 16.6 Å². The molecule has 1 aromatic heterocycles. The van der Waals surface area contributed by atoms with E-state index in [9.17, 15) is 10.1 Å². The molecular formula is C26H21N3O3S2. The van der Waals surface area contributed by atoms with E-state index in [1.54, 1.807) is 37.1 Å². The molecule has 0 unspecified atom stereocenters. The van der Waals surface area contributed by atoms with Crippen LogP contribution in [0.25, 0.3) is 16.3 Å². The Kier molecular flexibility index (Phi) is 7.81. The first-order valence-electron chi connectivity index (χ1n) is 10.4. The van der Waals surface area contributed by atoms with Gasteiger partial charge in [-0.05, 0) is 48.0 Å². The smallest absolute Gasteiger partial charge is 0.268 e. The van der Waals surface area contributed by atoms with Gasteiger partial charge >= 0.3 is 0 Å². The molecule has 8 heteroatoms. The predicted molar refractivity (Wildman–Crippen MR) is 137 cm³/mol. The molecule has 3 aromatic carbocycles. The van der Waals surface area contributed by atoms with Crippen molar-refractivity contribution in [2.45, 2.75) is 4.90 Å². The third kappa shape index (κ3) is 5.95. The number of aromatic nitrogens is 1. The number of nitriles is 1. The highest BCUT2D eigenvalue weighted by Gasteiger charge is 2.13. The van der Waals surface area contributed by atoms with Gasteiger partial charge in [-0.25, -0.2) is 4.98 Å². The number of rotatable bonds is 9. The number of para-hydroxylation sites is 1. The number of amides is 1. The van der Waals surface area contributed by atoms with Crippen molar-refractivity contribution in [1.82, 2.24) is 4.98 Å². The van der Waals surface area contributed by atoms with Crippen LogP contribution in [0.5, 0.6) is 11.5 Å². The van der Waals surface area contributed by atoms with Gasteiger partial charge in [0.2, 0.25) is 0 Å². The number of ether oxygens (including phenoxy) is 2. The van der Waals surface area contributed by atoms with Crippen LogP contribution in [0.4, 0.5) is 5.13 Å². The molecule has 0 aliphatic carbocycles. The number of fused-ring (bicyclic) bond motifs is 1. The SMILES string of the molecule is COc1cc(/C=C(\C#N)C(=O)Nc2nc3ccccc3s2)ccc1OCCSc1ccccc1. The number of nitrogens with zero attached hydrogens (tertiary/aromatic N) is 2. The molecule has 170 valence electrons. The number of methoxy groups -OCH3 is 1. The van der Waals surface area contributed by atoms with Crippen LogP contribution >= 0.6 is 23.1 Å². The quantitative estimate of drug-likeness (QED) is 0.134. The fourth-order valence-electron chi connectivity index (χ4n) is 3.13. The summed E-state index contributed by atoms with van der Waals surface area (Å²) in [5.41, 5.74) is 1.42. The molecule has 1 N–H and O–H groups in total. The van der Waals surface area contributed by atoms with Crippen molar-refractivity contribution < 1.29 is 14.3 Å². The second-order valence-electron chi connectivity index (χ2n) is 7.03. The van der Waals surface area contributed by atoms with E-state index in [2.05, 4.69) is 22.4 Å². The zero-order valence-electron chi connectivity index (χ0n) is 18.4. The topological polar surface area (TPSA) is 84.2 Å². The molecule has 0 atom stereocenters. The van der Waals surface area contributed by atoms with Crippen molar-refractivity contribution in [3.63, 3.8) is 0 Å². The molecule has 0 spiro atoms.